The lowest BCUT2D eigenvalue weighted by Crippen LogP contribution is -2.17. The standard InChI is InChI=1S/C9H9ClFN3OS/c10-6-3-5(1-2-7(6)11)14-8(15)4-16-9(12)13/h1-3H,4H2,(H3,12,13)(H,14,15). The summed E-state index contributed by atoms with van der Waals surface area (Å²) in [7, 11) is 0. The molecule has 1 aromatic rings. The predicted molar refractivity (Wildman–Crippen MR) is 64.4 cm³/mol. The molecule has 0 aliphatic heterocycles. The lowest BCUT2D eigenvalue weighted by atomic mass is 10.3. The van der Waals surface area contributed by atoms with Gasteiger partial charge in [-0.05, 0) is 18.2 Å². The SMILES string of the molecule is N=C(N)SCC(=O)Nc1ccc(F)c(Cl)c1. The van der Waals surface area contributed by atoms with Crippen molar-refractivity contribution in [2.45, 2.75) is 0 Å². The van der Waals surface area contributed by atoms with Crippen molar-refractivity contribution < 1.29 is 9.18 Å². The van der Waals surface area contributed by atoms with Gasteiger partial charge in [0.05, 0.1) is 10.8 Å². The number of carbonyl (C=O) groups is 1. The Bertz CT molecular complexity index is 427. The molecule has 0 unspecified atom stereocenters. The third-order valence-electron chi connectivity index (χ3n) is 1.56. The van der Waals surface area contributed by atoms with Gasteiger partial charge in [0, 0.05) is 5.69 Å². The number of hydrogen-bond donors (Lipinski definition) is 3. The van der Waals surface area contributed by atoms with Crippen molar-refractivity contribution in [2.75, 3.05) is 11.1 Å². The first-order valence-corrected chi connectivity index (χ1v) is 5.57. The summed E-state index contributed by atoms with van der Waals surface area (Å²) in [6.45, 7) is 0. The van der Waals surface area contributed by atoms with Gasteiger partial charge < -0.3 is 11.1 Å². The number of hydrogen-bond acceptors (Lipinski definition) is 3. The maximum Gasteiger partial charge on any atom is 0.234 e. The molecule has 1 aromatic carbocycles. The first kappa shape index (κ1) is 12.8. The van der Waals surface area contributed by atoms with Crippen LogP contribution < -0.4 is 11.1 Å². The molecule has 0 radical (unpaired) electrons. The van der Waals surface area contributed by atoms with Gasteiger partial charge in [0.25, 0.3) is 0 Å². The zero-order valence-electron chi connectivity index (χ0n) is 8.09. The number of nitrogens with two attached hydrogens (primary N) is 1. The largest absolute Gasteiger partial charge is 0.379 e. The van der Waals surface area contributed by atoms with Crippen molar-refractivity contribution in [3.05, 3.63) is 29.0 Å². The maximum atomic E-state index is 12.8. The van der Waals surface area contributed by atoms with Crippen molar-refractivity contribution >= 4 is 40.1 Å². The molecular weight excluding hydrogens is 253 g/mol. The van der Waals surface area contributed by atoms with E-state index in [4.69, 9.17) is 22.7 Å². The van der Waals surface area contributed by atoms with Crippen LogP contribution in [-0.4, -0.2) is 16.8 Å². The van der Waals surface area contributed by atoms with Gasteiger partial charge in [0.1, 0.15) is 5.82 Å². The minimum absolute atomic E-state index is 0.0321. The highest BCUT2D eigenvalue weighted by atomic mass is 35.5. The topological polar surface area (TPSA) is 79.0 Å². The van der Waals surface area contributed by atoms with E-state index in [9.17, 15) is 9.18 Å². The third-order valence-corrected chi connectivity index (χ3v) is 2.57. The van der Waals surface area contributed by atoms with Crippen LogP contribution in [0.2, 0.25) is 5.02 Å². The third kappa shape index (κ3) is 4.08. The summed E-state index contributed by atoms with van der Waals surface area (Å²) < 4.78 is 12.8. The Hall–Kier alpha value is -1.27. The molecular formula is C9H9ClFN3OS. The molecule has 0 fully saturated rings. The van der Waals surface area contributed by atoms with Gasteiger partial charge in [-0.2, -0.15) is 0 Å². The van der Waals surface area contributed by atoms with E-state index in [0.717, 1.165) is 17.8 Å². The van der Waals surface area contributed by atoms with Gasteiger partial charge in [-0.1, -0.05) is 23.4 Å². The molecule has 16 heavy (non-hydrogen) atoms. The smallest absolute Gasteiger partial charge is 0.234 e. The number of amidine groups is 1. The average molecular weight is 262 g/mol. The molecule has 0 saturated carbocycles. The molecule has 0 atom stereocenters. The summed E-state index contributed by atoms with van der Waals surface area (Å²) in [6.07, 6.45) is 0. The number of rotatable bonds is 3. The summed E-state index contributed by atoms with van der Waals surface area (Å²) in [6, 6.07) is 3.88. The van der Waals surface area contributed by atoms with Crippen molar-refractivity contribution in [3.8, 4) is 0 Å². The van der Waals surface area contributed by atoms with Crippen LogP contribution in [0.15, 0.2) is 18.2 Å². The van der Waals surface area contributed by atoms with Gasteiger partial charge >= 0.3 is 0 Å². The van der Waals surface area contributed by atoms with Crippen molar-refractivity contribution in [3.63, 3.8) is 0 Å². The average Bonchev–Trinajstić information content (AvgIpc) is 2.21. The van der Waals surface area contributed by atoms with Crippen LogP contribution >= 0.6 is 23.4 Å². The first-order chi connectivity index (χ1) is 7.49. The molecule has 7 heteroatoms. The van der Waals surface area contributed by atoms with E-state index in [-0.39, 0.29) is 21.9 Å². The molecule has 1 rings (SSSR count). The van der Waals surface area contributed by atoms with Crippen LogP contribution in [0.1, 0.15) is 0 Å². The zero-order chi connectivity index (χ0) is 12.1. The lowest BCUT2D eigenvalue weighted by molar-refractivity contribution is -0.113. The number of halogens is 2. The summed E-state index contributed by atoms with van der Waals surface area (Å²) >= 11 is 6.45. The second-order valence-corrected chi connectivity index (χ2v) is 4.25. The second kappa shape index (κ2) is 5.72. The fourth-order valence-corrected chi connectivity index (χ4v) is 1.45. The summed E-state index contributed by atoms with van der Waals surface area (Å²) in [5, 5.41) is 9.23. The van der Waals surface area contributed by atoms with Crippen LogP contribution in [0.5, 0.6) is 0 Å². The van der Waals surface area contributed by atoms with E-state index in [1.807, 2.05) is 0 Å². The van der Waals surface area contributed by atoms with Crippen molar-refractivity contribution in [1.29, 1.82) is 5.41 Å². The highest BCUT2D eigenvalue weighted by molar-refractivity contribution is 8.14. The summed E-state index contributed by atoms with van der Waals surface area (Å²) in [5.41, 5.74) is 5.48. The maximum absolute atomic E-state index is 12.8. The molecule has 4 nitrogen and oxygen atoms in total. The van der Waals surface area contributed by atoms with Crippen LogP contribution in [0.4, 0.5) is 10.1 Å². The minimum Gasteiger partial charge on any atom is -0.379 e. The van der Waals surface area contributed by atoms with E-state index in [2.05, 4.69) is 5.32 Å². The van der Waals surface area contributed by atoms with E-state index in [1.54, 1.807) is 0 Å². The number of nitrogens with one attached hydrogen (secondary N) is 2. The number of amides is 1. The van der Waals surface area contributed by atoms with E-state index in [1.165, 1.54) is 12.1 Å². The Labute approximate surface area is 101 Å². The number of benzene rings is 1. The number of thioether (sulfide) groups is 1. The normalized spacial score (nSPS) is 9.88. The van der Waals surface area contributed by atoms with E-state index < -0.39 is 5.82 Å². The Balaban J connectivity index is 2.56. The minimum atomic E-state index is -0.544. The molecule has 0 bridgehead atoms. The fourth-order valence-electron chi connectivity index (χ4n) is 0.914. The van der Waals surface area contributed by atoms with Gasteiger partial charge in [0.15, 0.2) is 5.17 Å². The van der Waals surface area contributed by atoms with Gasteiger partial charge in [-0.15, -0.1) is 0 Å². The van der Waals surface area contributed by atoms with Gasteiger partial charge in [-0.25, -0.2) is 4.39 Å². The van der Waals surface area contributed by atoms with E-state index >= 15 is 0 Å². The molecule has 0 aromatic heterocycles. The Morgan fingerprint density at radius 3 is 2.88 bits per heavy atom. The monoisotopic (exact) mass is 261 g/mol. The summed E-state index contributed by atoms with van der Waals surface area (Å²) in [4.78, 5) is 11.3. The van der Waals surface area contributed by atoms with Gasteiger partial charge in [-0.3, -0.25) is 10.2 Å². The second-order valence-electron chi connectivity index (χ2n) is 2.83. The number of carbonyl (C=O) groups excluding carboxylic acids is 1. The molecule has 0 aliphatic carbocycles. The van der Waals surface area contributed by atoms with Crippen LogP contribution in [0, 0.1) is 11.2 Å². The highest BCUT2D eigenvalue weighted by Gasteiger charge is 2.05. The molecule has 86 valence electrons. The Morgan fingerprint density at radius 2 is 2.31 bits per heavy atom. The van der Waals surface area contributed by atoms with Crippen LogP contribution in [0.25, 0.3) is 0 Å². The quantitative estimate of drug-likeness (QED) is 0.575. The first-order valence-electron chi connectivity index (χ1n) is 4.21. The fraction of sp³-hybridized carbons (Fsp3) is 0.111. The molecule has 0 aliphatic rings. The summed E-state index contributed by atoms with van der Waals surface area (Å²) in [5.74, 6) is -0.842. The lowest BCUT2D eigenvalue weighted by Gasteiger charge is -2.05. The molecule has 1 amide bonds. The Kier molecular flexibility index (Phi) is 4.57. The molecule has 4 N–H and O–H groups in total. The Morgan fingerprint density at radius 1 is 1.62 bits per heavy atom. The molecule has 0 saturated heterocycles. The zero-order valence-corrected chi connectivity index (χ0v) is 9.66. The van der Waals surface area contributed by atoms with E-state index in [0.29, 0.717) is 5.69 Å². The predicted octanol–water partition coefficient (Wildman–Crippen LogP) is 2.04. The van der Waals surface area contributed by atoms with Crippen LogP contribution in [-0.2, 0) is 4.79 Å². The molecule has 0 heterocycles. The van der Waals surface area contributed by atoms with Crippen LogP contribution in [0.3, 0.4) is 0 Å². The highest BCUT2D eigenvalue weighted by Crippen LogP contribution is 2.19. The van der Waals surface area contributed by atoms with Crippen molar-refractivity contribution in [2.24, 2.45) is 5.73 Å². The van der Waals surface area contributed by atoms with Gasteiger partial charge in [0.2, 0.25) is 5.91 Å². The molecule has 0 spiro atoms. The van der Waals surface area contributed by atoms with Crippen molar-refractivity contribution in [1.82, 2.24) is 0 Å². The number of anilines is 1.